The Hall–Kier alpha value is -2.38. The lowest BCUT2D eigenvalue weighted by atomic mass is 10.1. The molecule has 0 aromatic heterocycles. The molecule has 0 spiro atoms. The number of carboxylic acid groups (broad SMARTS) is 4. The number of carbonyl (C=O) groups is 4. The van der Waals surface area contributed by atoms with Crippen molar-refractivity contribution in [3.8, 4) is 0 Å². The van der Waals surface area contributed by atoms with E-state index in [-0.39, 0.29) is 6.42 Å². The van der Waals surface area contributed by atoms with Gasteiger partial charge in [-0.15, -0.1) is 6.58 Å². The van der Waals surface area contributed by atoms with Crippen molar-refractivity contribution in [3.63, 3.8) is 0 Å². The number of aliphatic carboxylic acids is 4. The molecule has 4 N–H and O–H groups in total. The molecule has 0 aliphatic heterocycles. The summed E-state index contributed by atoms with van der Waals surface area (Å²) in [6.07, 6.45) is 1.23. The van der Waals surface area contributed by atoms with Gasteiger partial charge < -0.3 is 20.4 Å². The fourth-order valence-electron chi connectivity index (χ4n) is 0.474. The van der Waals surface area contributed by atoms with Crippen LogP contribution >= 0.6 is 0 Å². The third-order valence-corrected chi connectivity index (χ3v) is 1.18. The van der Waals surface area contributed by atoms with Gasteiger partial charge in [-0.1, -0.05) is 6.08 Å². The second-order valence-corrected chi connectivity index (χ2v) is 2.36. The highest BCUT2D eigenvalue weighted by Gasteiger charge is 2.23. The molecule has 0 unspecified atom stereocenters. The Bertz CT molecular complexity index is 279. The lowest BCUT2D eigenvalue weighted by Gasteiger charge is -2.01. The molecule has 0 saturated heterocycles. The zero-order chi connectivity index (χ0) is 13.3. The van der Waals surface area contributed by atoms with Gasteiger partial charge in [0.2, 0.25) is 0 Å². The normalized spacial score (nSPS) is 8.56. The molecule has 0 atom stereocenters. The Morgan fingerprint density at radius 2 is 1.25 bits per heavy atom. The second-order valence-electron chi connectivity index (χ2n) is 2.36. The van der Waals surface area contributed by atoms with Crippen LogP contribution in [0.3, 0.4) is 0 Å². The van der Waals surface area contributed by atoms with Crippen molar-refractivity contribution < 1.29 is 39.6 Å². The molecule has 0 aromatic carbocycles. The smallest absolute Gasteiger partial charge is 0.414 e. The molecule has 0 aliphatic rings. The second kappa shape index (κ2) is 7.97. The van der Waals surface area contributed by atoms with Gasteiger partial charge in [0.05, 0.1) is 0 Å². The van der Waals surface area contributed by atoms with E-state index in [1.54, 1.807) is 0 Å². The van der Waals surface area contributed by atoms with Crippen LogP contribution in [0.1, 0.15) is 6.42 Å². The first-order valence-corrected chi connectivity index (χ1v) is 3.76. The summed E-state index contributed by atoms with van der Waals surface area (Å²) < 4.78 is 0. The molecule has 0 radical (unpaired) electrons. The van der Waals surface area contributed by atoms with Gasteiger partial charge in [0.1, 0.15) is 0 Å². The van der Waals surface area contributed by atoms with Gasteiger partial charge in [-0.2, -0.15) is 0 Å². The molecule has 0 aliphatic carbocycles. The third kappa shape index (κ3) is 8.23. The topological polar surface area (TPSA) is 149 Å². The van der Waals surface area contributed by atoms with Crippen molar-refractivity contribution in [2.24, 2.45) is 5.92 Å². The van der Waals surface area contributed by atoms with Crippen molar-refractivity contribution in [1.29, 1.82) is 0 Å². The standard InChI is InChI=1S/C6H8O4.C2H2O4/c1-2-3-4(5(7)8)6(9)10;3-1(4)2(5)6/h2,4H,1,3H2,(H,7,8)(H,9,10);(H,3,4)(H,5,6). The molecule has 0 bridgehead atoms. The third-order valence-electron chi connectivity index (χ3n) is 1.18. The van der Waals surface area contributed by atoms with E-state index in [9.17, 15) is 9.59 Å². The number of carboxylic acids is 4. The van der Waals surface area contributed by atoms with Gasteiger partial charge in [0.25, 0.3) is 0 Å². The molecule has 0 fully saturated rings. The summed E-state index contributed by atoms with van der Waals surface area (Å²) in [6, 6.07) is 0. The summed E-state index contributed by atoms with van der Waals surface area (Å²) in [5.74, 6) is -7.65. The Morgan fingerprint density at radius 3 is 1.31 bits per heavy atom. The maximum Gasteiger partial charge on any atom is 0.414 e. The van der Waals surface area contributed by atoms with E-state index in [1.807, 2.05) is 0 Å². The fraction of sp³-hybridized carbons (Fsp3) is 0.250. The van der Waals surface area contributed by atoms with Crippen LogP contribution < -0.4 is 0 Å². The van der Waals surface area contributed by atoms with Crippen molar-refractivity contribution in [3.05, 3.63) is 12.7 Å². The first kappa shape index (κ1) is 16.1. The minimum Gasteiger partial charge on any atom is -0.481 e. The highest BCUT2D eigenvalue weighted by atomic mass is 16.4. The van der Waals surface area contributed by atoms with Crippen molar-refractivity contribution in [2.75, 3.05) is 0 Å². The van der Waals surface area contributed by atoms with E-state index in [0.717, 1.165) is 0 Å². The lowest BCUT2D eigenvalue weighted by Crippen LogP contribution is -2.22. The largest absolute Gasteiger partial charge is 0.481 e. The van der Waals surface area contributed by atoms with E-state index in [2.05, 4.69) is 6.58 Å². The van der Waals surface area contributed by atoms with Crippen LogP contribution in [0.4, 0.5) is 0 Å². The summed E-state index contributed by atoms with van der Waals surface area (Å²) >= 11 is 0. The lowest BCUT2D eigenvalue weighted by molar-refractivity contribution is -0.159. The predicted octanol–water partition coefficient (Wildman–Crippen LogP) is -0.496. The fourth-order valence-corrected chi connectivity index (χ4v) is 0.474. The number of rotatable bonds is 4. The average Bonchev–Trinajstić information content (AvgIpc) is 2.13. The number of hydrogen-bond acceptors (Lipinski definition) is 4. The number of hydrogen-bond donors (Lipinski definition) is 4. The molecular weight excluding hydrogens is 224 g/mol. The first-order chi connectivity index (χ1) is 7.23. The highest BCUT2D eigenvalue weighted by molar-refractivity contribution is 6.27. The van der Waals surface area contributed by atoms with E-state index in [0.29, 0.717) is 0 Å². The summed E-state index contributed by atoms with van der Waals surface area (Å²) in [4.78, 5) is 38.4. The van der Waals surface area contributed by atoms with Gasteiger partial charge in [0.15, 0.2) is 5.92 Å². The maximum absolute atomic E-state index is 10.1. The van der Waals surface area contributed by atoms with Gasteiger partial charge in [-0.05, 0) is 6.42 Å². The Labute approximate surface area is 89.4 Å². The van der Waals surface area contributed by atoms with Crippen molar-refractivity contribution in [1.82, 2.24) is 0 Å². The van der Waals surface area contributed by atoms with Gasteiger partial charge in [-0.25, -0.2) is 9.59 Å². The van der Waals surface area contributed by atoms with Crippen LogP contribution in [0.15, 0.2) is 12.7 Å². The van der Waals surface area contributed by atoms with Crippen molar-refractivity contribution in [2.45, 2.75) is 6.42 Å². The average molecular weight is 234 g/mol. The Balaban J connectivity index is 0. The van der Waals surface area contributed by atoms with Gasteiger partial charge >= 0.3 is 23.9 Å². The summed E-state index contributed by atoms with van der Waals surface area (Å²) in [5, 5.41) is 31.3. The molecule has 90 valence electrons. The SMILES string of the molecule is C=CCC(C(=O)O)C(=O)O.O=C(O)C(=O)O. The molecule has 0 amide bonds. The highest BCUT2D eigenvalue weighted by Crippen LogP contribution is 2.03. The van der Waals surface area contributed by atoms with Crippen LogP contribution in [0.25, 0.3) is 0 Å². The molecule has 8 nitrogen and oxygen atoms in total. The van der Waals surface area contributed by atoms with Crippen LogP contribution in [0, 0.1) is 5.92 Å². The summed E-state index contributed by atoms with van der Waals surface area (Å²) in [6.45, 7) is 3.24. The zero-order valence-corrected chi connectivity index (χ0v) is 7.99. The Morgan fingerprint density at radius 1 is 0.938 bits per heavy atom. The molecule has 16 heavy (non-hydrogen) atoms. The maximum atomic E-state index is 10.1. The van der Waals surface area contributed by atoms with Gasteiger partial charge in [-0.3, -0.25) is 9.59 Å². The van der Waals surface area contributed by atoms with Crippen LogP contribution in [0.2, 0.25) is 0 Å². The first-order valence-electron chi connectivity index (χ1n) is 3.76. The van der Waals surface area contributed by atoms with Crippen LogP contribution in [-0.4, -0.2) is 44.3 Å². The van der Waals surface area contributed by atoms with E-state index in [1.165, 1.54) is 6.08 Å². The van der Waals surface area contributed by atoms with Crippen LogP contribution in [0.5, 0.6) is 0 Å². The quantitative estimate of drug-likeness (QED) is 0.289. The molecule has 0 aromatic rings. The Kier molecular flexibility index (Phi) is 8.00. The van der Waals surface area contributed by atoms with E-state index < -0.39 is 29.8 Å². The monoisotopic (exact) mass is 234 g/mol. The molecule has 8 heteroatoms. The molecule has 0 rings (SSSR count). The van der Waals surface area contributed by atoms with E-state index in [4.69, 9.17) is 30.0 Å². The van der Waals surface area contributed by atoms with E-state index >= 15 is 0 Å². The molecular formula is C8H10O8. The van der Waals surface area contributed by atoms with Crippen LogP contribution in [-0.2, 0) is 19.2 Å². The minimum absolute atomic E-state index is 0.0370. The minimum atomic E-state index is -1.82. The summed E-state index contributed by atoms with van der Waals surface area (Å²) in [7, 11) is 0. The molecule has 0 saturated carbocycles. The molecule has 0 heterocycles. The summed E-state index contributed by atoms with van der Waals surface area (Å²) in [5.41, 5.74) is 0. The zero-order valence-electron chi connectivity index (χ0n) is 7.99. The van der Waals surface area contributed by atoms with Crippen molar-refractivity contribution >= 4 is 23.9 Å². The number of allylic oxidation sites excluding steroid dienone is 1. The van der Waals surface area contributed by atoms with Gasteiger partial charge in [0, 0.05) is 0 Å². The predicted molar refractivity (Wildman–Crippen MR) is 48.8 cm³/mol.